The highest BCUT2D eigenvalue weighted by Crippen LogP contribution is 2.32. The van der Waals surface area contributed by atoms with Gasteiger partial charge >= 0.3 is 0 Å². The number of nitrogens with zero attached hydrogens (tertiary/aromatic N) is 4. The lowest BCUT2D eigenvalue weighted by Gasteiger charge is -2.42. The highest BCUT2D eigenvalue weighted by atomic mass is 16.3. The zero-order chi connectivity index (χ0) is 33.6. The van der Waals surface area contributed by atoms with Crippen LogP contribution in [0.25, 0.3) is 0 Å². The summed E-state index contributed by atoms with van der Waals surface area (Å²) in [7, 11) is 0. The van der Waals surface area contributed by atoms with Crippen molar-refractivity contribution in [1.82, 2.24) is 4.90 Å². The van der Waals surface area contributed by atoms with E-state index in [1.807, 2.05) is 54.3 Å². The second kappa shape index (κ2) is 17.6. The molecule has 2 fully saturated rings. The maximum atomic E-state index is 14.0. The first kappa shape index (κ1) is 35.6. The van der Waals surface area contributed by atoms with Gasteiger partial charge in [-0.1, -0.05) is 36.4 Å². The molecular formula is C36H44N4O6. The number of hydrogen-bond donors (Lipinski definition) is 3. The highest BCUT2D eigenvalue weighted by Gasteiger charge is 2.32. The van der Waals surface area contributed by atoms with Gasteiger partial charge in [0.05, 0.1) is 23.9 Å². The standard InChI is InChI=1S/C34H40N4O2.2CH2O2/c1-24-19-25(2)33(34(40)37-17-18-38(30(22-37)23-39)29-10-5-4-6-11-29)26(3)31(24)20-27-13-15-36(16-14-27)32-12-8-7-9-28(32)21-35;2*2-1-3/h4-12,19,27,30,39H,13-18,20,22-23H2,1-3H3;2*1H,(H,2,3). The monoisotopic (exact) mass is 628 g/mol. The molecule has 10 heteroatoms. The Balaban J connectivity index is 0.000000891. The van der Waals surface area contributed by atoms with E-state index in [1.54, 1.807) is 0 Å². The van der Waals surface area contributed by atoms with Gasteiger partial charge in [0, 0.05) is 44.0 Å². The number of carbonyl (C=O) groups is 3. The smallest absolute Gasteiger partial charge is 0.290 e. The number of aliphatic hydroxyl groups excluding tert-OH is 1. The van der Waals surface area contributed by atoms with Crippen LogP contribution in [0.2, 0.25) is 0 Å². The van der Waals surface area contributed by atoms with Gasteiger partial charge in [-0.25, -0.2) is 0 Å². The lowest BCUT2D eigenvalue weighted by molar-refractivity contribution is -0.123. The van der Waals surface area contributed by atoms with E-state index in [0.717, 1.165) is 66.0 Å². The SMILES string of the molecule is Cc1cc(C)c(C(=O)N2CCN(c3ccccc3)C(CO)C2)c(C)c1CC1CCN(c2ccccc2C#N)CC1.O=CO.O=CO. The Kier molecular flexibility index (Phi) is 13.6. The summed E-state index contributed by atoms with van der Waals surface area (Å²) in [5.74, 6) is 0.618. The largest absolute Gasteiger partial charge is 0.483 e. The molecule has 3 N–H and O–H groups in total. The number of anilines is 2. The summed E-state index contributed by atoms with van der Waals surface area (Å²) >= 11 is 0. The molecule has 5 rings (SSSR count). The van der Waals surface area contributed by atoms with Gasteiger partial charge in [-0.15, -0.1) is 0 Å². The summed E-state index contributed by atoms with van der Waals surface area (Å²) < 4.78 is 0. The number of aryl methyl sites for hydroxylation is 2. The second-order valence-electron chi connectivity index (χ2n) is 11.6. The number of piperidine rings is 1. The predicted octanol–water partition coefficient (Wildman–Crippen LogP) is 4.67. The van der Waals surface area contributed by atoms with Crippen LogP contribution >= 0.6 is 0 Å². The molecule has 0 bridgehead atoms. The van der Waals surface area contributed by atoms with Crippen molar-refractivity contribution in [3.8, 4) is 6.07 Å². The van der Waals surface area contributed by atoms with E-state index in [9.17, 15) is 15.2 Å². The van der Waals surface area contributed by atoms with Gasteiger partial charge in [0.2, 0.25) is 0 Å². The lowest BCUT2D eigenvalue weighted by Crippen LogP contribution is -2.56. The van der Waals surface area contributed by atoms with E-state index in [0.29, 0.717) is 25.6 Å². The molecule has 0 aliphatic carbocycles. The summed E-state index contributed by atoms with van der Waals surface area (Å²) in [5, 5.41) is 33.5. The zero-order valence-corrected chi connectivity index (χ0v) is 26.8. The Morgan fingerprint density at radius 1 is 0.913 bits per heavy atom. The van der Waals surface area contributed by atoms with Crippen LogP contribution in [0.3, 0.4) is 0 Å². The van der Waals surface area contributed by atoms with E-state index < -0.39 is 0 Å². The van der Waals surface area contributed by atoms with E-state index in [4.69, 9.17) is 19.8 Å². The van der Waals surface area contributed by atoms with Crippen molar-refractivity contribution in [1.29, 1.82) is 5.26 Å². The summed E-state index contributed by atoms with van der Waals surface area (Å²) in [5.41, 5.74) is 8.36. The molecule has 1 unspecified atom stereocenters. The van der Waals surface area contributed by atoms with Gasteiger partial charge in [-0.05, 0) is 92.5 Å². The quantitative estimate of drug-likeness (QED) is 0.332. The molecule has 1 atom stereocenters. The van der Waals surface area contributed by atoms with Gasteiger partial charge < -0.3 is 30.0 Å². The first-order valence-electron chi connectivity index (χ1n) is 15.5. The molecule has 2 aliphatic rings. The van der Waals surface area contributed by atoms with Gasteiger partial charge in [-0.2, -0.15) is 5.26 Å². The molecule has 244 valence electrons. The van der Waals surface area contributed by atoms with Crippen LogP contribution in [-0.4, -0.2) is 84.4 Å². The molecule has 0 saturated carbocycles. The number of nitriles is 1. The molecule has 46 heavy (non-hydrogen) atoms. The van der Waals surface area contributed by atoms with Crippen molar-refractivity contribution in [2.24, 2.45) is 5.92 Å². The molecule has 0 radical (unpaired) electrons. The first-order chi connectivity index (χ1) is 22.2. The number of piperazine rings is 1. The first-order valence-corrected chi connectivity index (χ1v) is 15.5. The topological polar surface area (TPSA) is 145 Å². The fourth-order valence-electron chi connectivity index (χ4n) is 6.69. The summed E-state index contributed by atoms with van der Waals surface area (Å²) in [6.07, 6.45) is 3.10. The average molecular weight is 629 g/mol. The molecule has 2 heterocycles. The van der Waals surface area contributed by atoms with Crippen LogP contribution < -0.4 is 9.80 Å². The van der Waals surface area contributed by atoms with Crippen molar-refractivity contribution in [2.45, 2.75) is 46.1 Å². The van der Waals surface area contributed by atoms with Crippen LogP contribution in [0.1, 0.15) is 51.0 Å². The van der Waals surface area contributed by atoms with Crippen LogP contribution in [0.15, 0.2) is 60.7 Å². The highest BCUT2D eigenvalue weighted by molar-refractivity contribution is 5.98. The van der Waals surface area contributed by atoms with Gasteiger partial charge in [0.25, 0.3) is 18.9 Å². The van der Waals surface area contributed by atoms with E-state index in [-0.39, 0.29) is 31.5 Å². The van der Waals surface area contributed by atoms with Crippen molar-refractivity contribution < 1.29 is 29.7 Å². The average Bonchev–Trinajstić information content (AvgIpc) is 3.07. The predicted molar refractivity (Wildman–Crippen MR) is 178 cm³/mol. The number of amides is 1. The van der Waals surface area contributed by atoms with Crippen LogP contribution in [-0.2, 0) is 16.0 Å². The molecule has 1 amide bonds. The summed E-state index contributed by atoms with van der Waals surface area (Å²) in [6, 6.07) is 22.4. The van der Waals surface area contributed by atoms with Crippen molar-refractivity contribution in [2.75, 3.05) is 49.1 Å². The Bertz CT molecular complexity index is 1490. The lowest BCUT2D eigenvalue weighted by atomic mass is 9.83. The normalized spacial score (nSPS) is 16.2. The van der Waals surface area contributed by atoms with Crippen LogP contribution in [0, 0.1) is 38.0 Å². The third kappa shape index (κ3) is 8.64. The molecule has 3 aromatic rings. The minimum absolute atomic E-state index is 0.00727. The van der Waals surface area contributed by atoms with E-state index >= 15 is 0 Å². The van der Waals surface area contributed by atoms with Crippen molar-refractivity contribution in [3.05, 3.63) is 94.0 Å². The number of para-hydroxylation sites is 2. The Hall–Kier alpha value is -4.88. The molecule has 10 nitrogen and oxygen atoms in total. The molecule has 2 aliphatic heterocycles. The third-order valence-electron chi connectivity index (χ3n) is 8.89. The van der Waals surface area contributed by atoms with Gasteiger partial charge in [0.1, 0.15) is 6.07 Å². The molecule has 0 spiro atoms. The maximum absolute atomic E-state index is 14.0. The number of aliphatic hydroxyl groups is 1. The minimum Gasteiger partial charge on any atom is -0.483 e. The molecule has 2 saturated heterocycles. The Morgan fingerprint density at radius 2 is 1.52 bits per heavy atom. The molecule has 0 aromatic heterocycles. The molecule has 3 aromatic carbocycles. The van der Waals surface area contributed by atoms with Gasteiger partial charge in [0.15, 0.2) is 0 Å². The van der Waals surface area contributed by atoms with E-state index in [2.05, 4.69) is 47.9 Å². The minimum atomic E-state index is -0.250. The number of carbonyl (C=O) groups excluding carboxylic acids is 1. The number of hydrogen-bond acceptors (Lipinski definition) is 7. The number of carboxylic acid groups (broad SMARTS) is 2. The second-order valence-corrected chi connectivity index (χ2v) is 11.6. The number of rotatable bonds is 6. The van der Waals surface area contributed by atoms with Crippen molar-refractivity contribution >= 4 is 30.2 Å². The Morgan fingerprint density at radius 3 is 2.13 bits per heavy atom. The van der Waals surface area contributed by atoms with Crippen LogP contribution in [0.4, 0.5) is 11.4 Å². The summed E-state index contributed by atoms with van der Waals surface area (Å²) in [6.45, 7) is 9.56. The number of benzene rings is 3. The van der Waals surface area contributed by atoms with Crippen LogP contribution in [0.5, 0.6) is 0 Å². The maximum Gasteiger partial charge on any atom is 0.290 e. The fraction of sp³-hybridized carbons (Fsp3) is 0.389. The van der Waals surface area contributed by atoms with Gasteiger partial charge in [-0.3, -0.25) is 14.4 Å². The third-order valence-corrected chi connectivity index (χ3v) is 8.89. The van der Waals surface area contributed by atoms with E-state index in [1.165, 1.54) is 11.1 Å². The molecular weight excluding hydrogens is 584 g/mol. The Labute approximate surface area is 271 Å². The fourth-order valence-corrected chi connectivity index (χ4v) is 6.69. The summed E-state index contributed by atoms with van der Waals surface area (Å²) in [4.78, 5) is 37.2. The zero-order valence-electron chi connectivity index (χ0n) is 26.8. The van der Waals surface area contributed by atoms with Crippen molar-refractivity contribution in [3.63, 3.8) is 0 Å².